The number of hydrogen-bond donors (Lipinski definition) is 2. The Morgan fingerprint density at radius 2 is 2.12 bits per heavy atom. The van der Waals surface area contributed by atoms with Crippen LogP contribution in [-0.2, 0) is 0 Å². The highest BCUT2D eigenvalue weighted by Crippen LogP contribution is 2.15. The van der Waals surface area contributed by atoms with E-state index in [4.69, 9.17) is 4.74 Å². The van der Waals surface area contributed by atoms with E-state index < -0.39 is 0 Å². The first-order valence-electron chi connectivity index (χ1n) is 8.80. The van der Waals surface area contributed by atoms with Crippen LogP contribution >= 0.6 is 0 Å². The average Bonchev–Trinajstić information content (AvgIpc) is 3.06. The van der Waals surface area contributed by atoms with Crippen LogP contribution in [0, 0.1) is 5.82 Å². The molecule has 0 saturated carbocycles. The van der Waals surface area contributed by atoms with E-state index in [1.54, 1.807) is 19.2 Å². The van der Waals surface area contributed by atoms with Crippen molar-refractivity contribution in [1.29, 1.82) is 0 Å². The van der Waals surface area contributed by atoms with Crippen molar-refractivity contribution >= 4 is 5.96 Å². The zero-order valence-corrected chi connectivity index (χ0v) is 14.7. The lowest BCUT2D eigenvalue weighted by molar-refractivity contribution is 0.267. The molecule has 0 aromatic heterocycles. The largest absolute Gasteiger partial charge is 0.494 e. The standard InChI is InChI=1S/C18H29FN4O/c1-3-23-12-4-6-16(23)14-22-18(20-2)21-11-5-13-24-17-9-7-15(19)8-10-17/h7-10,16H,3-6,11-14H2,1-2H3,(H2,20,21,22). The van der Waals surface area contributed by atoms with E-state index in [1.807, 2.05) is 0 Å². The number of ether oxygens (including phenoxy) is 1. The fourth-order valence-electron chi connectivity index (χ4n) is 2.98. The second-order valence-corrected chi connectivity index (χ2v) is 5.96. The van der Waals surface area contributed by atoms with Crippen LogP contribution in [0.5, 0.6) is 5.75 Å². The second-order valence-electron chi connectivity index (χ2n) is 5.96. The number of likely N-dealkylation sites (tertiary alicyclic amines) is 1. The Morgan fingerprint density at radius 1 is 1.33 bits per heavy atom. The molecule has 0 amide bonds. The molecule has 0 bridgehead atoms. The lowest BCUT2D eigenvalue weighted by Crippen LogP contribution is -2.45. The first kappa shape index (κ1) is 18.5. The third-order valence-corrected chi connectivity index (χ3v) is 4.33. The molecule has 1 heterocycles. The van der Waals surface area contributed by atoms with Crippen LogP contribution in [0.25, 0.3) is 0 Å². The van der Waals surface area contributed by atoms with E-state index in [2.05, 4.69) is 27.4 Å². The maximum Gasteiger partial charge on any atom is 0.191 e. The maximum atomic E-state index is 12.8. The lowest BCUT2D eigenvalue weighted by Gasteiger charge is -2.24. The van der Waals surface area contributed by atoms with Crippen molar-refractivity contribution in [1.82, 2.24) is 15.5 Å². The van der Waals surface area contributed by atoms with Crippen molar-refractivity contribution in [2.24, 2.45) is 4.99 Å². The number of aliphatic imine (C=N–C) groups is 1. The molecule has 1 aliphatic rings. The average molecular weight is 336 g/mol. The maximum absolute atomic E-state index is 12.8. The molecule has 134 valence electrons. The molecule has 0 spiro atoms. The van der Waals surface area contributed by atoms with Gasteiger partial charge in [-0.05, 0) is 56.6 Å². The summed E-state index contributed by atoms with van der Waals surface area (Å²) in [4.78, 5) is 6.77. The second kappa shape index (κ2) is 10.1. The van der Waals surface area contributed by atoms with E-state index in [9.17, 15) is 4.39 Å². The summed E-state index contributed by atoms with van der Waals surface area (Å²) in [7, 11) is 1.79. The predicted molar refractivity (Wildman–Crippen MR) is 96.1 cm³/mol. The summed E-state index contributed by atoms with van der Waals surface area (Å²) in [6, 6.07) is 6.70. The SMILES string of the molecule is CCN1CCCC1CNC(=NC)NCCCOc1ccc(F)cc1. The Labute approximate surface area is 144 Å². The van der Waals surface area contributed by atoms with E-state index in [0.717, 1.165) is 32.0 Å². The summed E-state index contributed by atoms with van der Waals surface area (Å²) in [6.45, 7) is 6.83. The van der Waals surface area contributed by atoms with Crippen molar-refractivity contribution in [3.05, 3.63) is 30.1 Å². The molecule has 5 nitrogen and oxygen atoms in total. The molecular formula is C18H29FN4O. The number of guanidine groups is 1. The van der Waals surface area contributed by atoms with Crippen molar-refractivity contribution in [2.75, 3.05) is 39.8 Å². The van der Waals surface area contributed by atoms with Gasteiger partial charge in [-0.25, -0.2) is 4.39 Å². The van der Waals surface area contributed by atoms with Crippen LogP contribution in [0.3, 0.4) is 0 Å². The van der Waals surface area contributed by atoms with Gasteiger partial charge in [0, 0.05) is 26.2 Å². The van der Waals surface area contributed by atoms with E-state index in [1.165, 1.54) is 31.5 Å². The number of nitrogens with zero attached hydrogens (tertiary/aromatic N) is 2. The summed E-state index contributed by atoms with van der Waals surface area (Å²) in [5.74, 6) is 1.28. The number of likely N-dealkylation sites (N-methyl/N-ethyl adjacent to an activating group) is 1. The van der Waals surface area contributed by atoms with Crippen LogP contribution in [0.2, 0.25) is 0 Å². The molecular weight excluding hydrogens is 307 g/mol. The minimum Gasteiger partial charge on any atom is -0.494 e. The van der Waals surface area contributed by atoms with Gasteiger partial charge in [-0.3, -0.25) is 9.89 Å². The molecule has 0 radical (unpaired) electrons. The molecule has 2 rings (SSSR count). The third-order valence-electron chi connectivity index (χ3n) is 4.33. The van der Waals surface area contributed by atoms with E-state index in [-0.39, 0.29) is 5.82 Å². The molecule has 1 fully saturated rings. The molecule has 1 aromatic carbocycles. The summed E-state index contributed by atoms with van der Waals surface area (Å²) in [5, 5.41) is 6.71. The first-order valence-corrected chi connectivity index (χ1v) is 8.80. The molecule has 2 N–H and O–H groups in total. The number of halogens is 1. The first-order chi connectivity index (χ1) is 11.7. The van der Waals surface area contributed by atoms with Gasteiger partial charge in [0.15, 0.2) is 5.96 Å². The highest BCUT2D eigenvalue weighted by Gasteiger charge is 2.22. The smallest absolute Gasteiger partial charge is 0.191 e. The van der Waals surface area contributed by atoms with E-state index >= 15 is 0 Å². The van der Waals surface area contributed by atoms with E-state index in [0.29, 0.717) is 18.4 Å². The molecule has 6 heteroatoms. The van der Waals surface area contributed by atoms with Crippen molar-refractivity contribution < 1.29 is 9.13 Å². The fourth-order valence-corrected chi connectivity index (χ4v) is 2.98. The zero-order chi connectivity index (χ0) is 17.2. The molecule has 1 aromatic rings. The van der Waals surface area contributed by atoms with Gasteiger partial charge in [0.05, 0.1) is 6.61 Å². The number of nitrogens with one attached hydrogen (secondary N) is 2. The van der Waals surface area contributed by atoms with Crippen LogP contribution < -0.4 is 15.4 Å². The Balaban J connectivity index is 1.59. The monoisotopic (exact) mass is 336 g/mol. The molecule has 1 aliphatic heterocycles. The van der Waals surface area contributed by atoms with Crippen LogP contribution in [0.4, 0.5) is 4.39 Å². The summed E-state index contributed by atoms with van der Waals surface area (Å²) in [6.07, 6.45) is 3.39. The van der Waals surface area contributed by atoms with Gasteiger partial charge in [0.1, 0.15) is 11.6 Å². The summed E-state index contributed by atoms with van der Waals surface area (Å²) < 4.78 is 18.4. The minimum atomic E-state index is -0.247. The fraction of sp³-hybridized carbons (Fsp3) is 0.611. The Bertz CT molecular complexity index is 506. The number of rotatable bonds is 8. The van der Waals surface area contributed by atoms with Crippen molar-refractivity contribution in [3.8, 4) is 5.75 Å². The Morgan fingerprint density at radius 3 is 2.83 bits per heavy atom. The predicted octanol–water partition coefficient (Wildman–Crippen LogP) is 2.24. The molecule has 1 saturated heterocycles. The molecule has 24 heavy (non-hydrogen) atoms. The minimum absolute atomic E-state index is 0.247. The molecule has 1 unspecified atom stereocenters. The number of hydrogen-bond acceptors (Lipinski definition) is 3. The quantitative estimate of drug-likeness (QED) is 0.434. The summed E-state index contributed by atoms with van der Waals surface area (Å²) in [5.41, 5.74) is 0. The Kier molecular flexibility index (Phi) is 7.82. The highest BCUT2D eigenvalue weighted by atomic mass is 19.1. The van der Waals surface area contributed by atoms with Crippen LogP contribution in [0.1, 0.15) is 26.2 Å². The topological polar surface area (TPSA) is 48.9 Å². The van der Waals surface area contributed by atoms with Gasteiger partial charge >= 0.3 is 0 Å². The molecule has 0 aliphatic carbocycles. The van der Waals surface area contributed by atoms with Crippen molar-refractivity contribution in [3.63, 3.8) is 0 Å². The highest BCUT2D eigenvalue weighted by molar-refractivity contribution is 5.79. The summed E-state index contributed by atoms with van der Waals surface area (Å²) >= 11 is 0. The van der Waals surface area contributed by atoms with Crippen LogP contribution in [0.15, 0.2) is 29.3 Å². The number of benzene rings is 1. The lowest BCUT2D eigenvalue weighted by atomic mass is 10.2. The van der Waals surface area contributed by atoms with Gasteiger partial charge in [-0.15, -0.1) is 0 Å². The molecule has 1 atom stereocenters. The normalized spacial score (nSPS) is 18.6. The van der Waals surface area contributed by atoms with Crippen molar-refractivity contribution in [2.45, 2.75) is 32.2 Å². The third kappa shape index (κ3) is 6.00. The van der Waals surface area contributed by atoms with Gasteiger partial charge in [0.25, 0.3) is 0 Å². The van der Waals surface area contributed by atoms with Gasteiger partial charge < -0.3 is 15.4 Å². The van der Waals surface area contributed by atoms with Gasteiger partial charge in [-0.1, -0.05) is 6.92 Å². The van der Waals surface area contributed by atoms with Gasteiger partial charge in [0.2, 0.25) is 0 Å². The van der Waals surface area contributed by atoms with Gasteiger partial charge in [-0.2, -0.15) is 0 Å². The van der Waals surface area contributed by atoms with Crippen LogP contribution in [-0.4, -0.2) is 56.7 Å². The Hall–Kier alpha value is -1.82. The zero-order valence-electron chi connectivity index (χ0n) is 14.7.